The minimum atomic E-state index is -0.147. The van der Waals surface area contributed by atoms with Crippen LogP contribution in [0.5, 0.6) is 0 Å². The van der Waals surface area contributed by atoms with Gasteiger partial charge in [0.2, 0.25) is 11.8 Å². The number of nitrogens with one attached hydrogen (secondary N) is 2. The second-order valence-corrected chi connectivity index (χ2v) is 6.30. The molecule has 1 aliphatic carbocycles. The molecule has 1 aromatic rings. The fourth-order valence-corrected chi connectivity index (χ4v) is 3.31. The zero-order valence-corrected chi connectivity index (χ0v) is 12.8. The zero-order valence-electron chi connectivity index (χ0n) is 11.9. The van der Waals surface area contributed by atoms with Crippen LogP contribution in [-0.2, 0) is 16.0 Å². The summed E-state index contributed by atoms with van der Waals surface area (Å²) in [4.78, 5) is 27.2. The lowest BCUT2D eigenvalue weighted by Gasteiger charge is -2.29. The van der Waals surface area contributed by atoms with Crippen molar-refractivity contribution in [3.8, 4) is 0 Å². The van der Waals surface area contributed by atoms with E-state index in [1.165, 1.54) is 37.5 Å². The van der Waals surface area contributed by atoms with Gasteiger partial charge >= 0.3 is 0 Å². The Kier molecular flexibility index (Phi) is 5.11. The molecule has 0 radical (unpaired) electrons. The van der Waals surface area contributed by atoms with Gasteiger partial charge in [0.25, 0.3) is 0 Å². The zero-order chi connectivity index (χ0) is 14.5. The van der Waals surface area contributed by atoms with Gasteiger partial charge in [0, 0.05) is 18.3 Å². The van der Waals surface area contributed by atoms with Crippen molar-refractivity contribution >= 4 is 28.3 Å². The summed E-state index contributed by atoms with van der Waals surface area (Å²) in [5.74, 6) is 0.424. The first-order chi connectivity index (χ1) is 9.54. The van der Waals surface area contributed by atoms with Crippen molar-refractivity contribution in [1.29, 1.82) is 0 Å². The predicted octanol–water partition coefficient (Wildman–Crippen LogP) is 2.34. The van der Waals surface area contributed by atoms with Gasteiger partial charge in [0.15, 0.2) is 5.13 Å². The smallest absolute Gasteiger partial charge is 0.226 e. The van der Waals surface area contributed by atoms with Crippen LogP contribution in [0.4, 0.5) is 5.13 Å². The third-order valence-electron chi connectivity index (χ3n) is 3.63. The van der Waals surface area contributed by atoms with Crippen molar-refractivity contribution in [3.05, 3.63) is 11.1 Å². The second kappa shape index (κ2) is 6.83. The number of carbonyl (C=O) groups is 2. The van der Waals surface area contributed by atoms with Crippen molar-refractivity contribution in [2.75, 3.05) is 5.32 Å². The number of hydrogen-bond donors (Lipinski definition) is 2. The Morgan fingerprint density at radius 1 is 1.40 bits per heavy atom. The quantitative estimate of drug-likeness (QED) is 0.895. The molecule has 0 aromatic carbocycles. The Morgan fingerprint density at radius 3 is 2.85 bits per heavy atom. The largest absolute Gasteiger partial charge is 0.353 e. The number of anilines is 1. The molecule has 6 heteroatoms. The molecule has 1 aliphatic rings. The standard InChI is InChI=1S/C14H21N3O2S/c1-9-5-3-4-6-12(9)17-13(19)7-11-8-20-14(16-11)15-10(2)18/h8-9,12H,3-7H2,1-2H3,(H,17,19)(H,15,16,18). The van der Waals surface area contributed by atoms with Gasteiger partial charge in [-0.25, -0.2) is 4.98 Å². The third-order valence-corrected chi connectivity index (χ3v) is 4.44. The fourth-order valence-electron chi connectivity index (χ4n) is 2.55. The third kappa shape index (κ3) is 4.30. The van der Waals surface area contributed by atoms with Crippen LogP contribution in [0, 0.1) is 5.92 Å². The summed E-state index contributed by atoms with van der Waals surface area (Å²) in [6, 6.07) is 0.296. The molecular weight excluding hydrogens is 274 g/mol. The maximum atomic E-state index is 12.0. The van der Waals surface area contributed by atoms with Crippen LogP contribution in [-0.4, -0.2) is 22.8 Å². The Hall–Kier alpha value is -1.43. The van der Waals surface area contributed by atoms with Gasteiger partial charge in [-0.3, -0.25) is 9.59 Å². The molecule has 0 spiro atoms. The Balaban J connectivity index is 1.84. The molecule has 110 valence electrons. The van der Waals surface area contributed by atoms with Gasteiger partial charge in [-0.05, 0) is 18.8 Å². The first-order valence-corrected chi connectivity index (χ1v) is 7.94. The first-order valence-electron chi connectivity index (χ1n) is 7.06. The van der Waals surface area contributed by atoms with Crippen LogP contribution in [0.15, 0.2) is 5.38 Å². The molecule has 0 aliphatic heterocycles. The summed E-state index contributed by atoms with van der Waals surface area (Å²) in [5, 5.41) is 8.09. The van der Waals surface area contributed by atoms with Crippen LogP contribution in [0.1, 0.15) is 45.2 Å². The highest BCUT2D eigenvalue weighted by Crippen LogP contribution is 2.24. The topological polar surface area (TPSA) is 71.1 Å². The summed E-state index contributed by atoms with van der Waals surface area (Å²) < 4.78 is 0. The Morgan fingerprint density at radius 2 is 2.15 bits per heavy atom. The van der Waals surface area contributed by atoms with Crippen LogP contribution in [0.25, 0.3) is 0 Å². The molecule has 0 saturated heterocycles. The van der Waals surface area contributed by atoms with E-state index < -0.39 is 0 Å². The lowest BCUT2D eigenvalue weighted by molar-refractivity contribution is -0.121. The summed E-state index contributed by atoms with van der Waals surface area (Å²) >= 11 is 1.34. The van der Waals surface area contributed by atoms with E-state index in [0.717, 1.165) is 6.42 Å². The monoisotopic (exact) mass is 295 g/mol. The molecule has 2 atom stereocenters. The molecule has 1 fully saturated rings. The number of carbonyl (C=O) groups excluding carboxylic acids is 2. The summed E-state index contributed by atoms with van der Waals surface area (Å²) in [5.41, 5.74) is 0.708. The van der Waals surface area contributed by atoms with Crippen LogP contribution in [0.2, 0.25) is 0 Å². The molecule has 2 rings (SSSR count). The molecule has 2 amide bonds. The number of nitrogens with zero attached hydrogens (tertiary/aromatic N) is 1. The molecule has 1 heterocycles. The van der Waals surface area contributed by atoms with E-state index in [-0.39, 0.29) is 18.2 Å². The summed E-state index contributed by atoms with van der Waals surface area (Å²) in [7, 11) is 0. The van der Waals surface area contributed by atoms with Gasteiger partial charge < -0.3 is 10.6 Å². The second-order valence-electron chi connectivity index (χ2n) is 5.44. The minimum Gasteiger partial charge on any atom is -0.353 e. The number of aromatic nitrogens is 1. The van der Waals surface area contributed by atoms with E-state index in [1.807, 2.05) is 5.38 Å². The molecule has 1 aromatic heterocycles. The molecule has 0 bridgehead atoms. The average molecular weight is 295 g/mol. The minimum absolute atomic E-state index is 0.0171. The fraction of sp³-hybridized carbons (Fsp3) is 0.643. The molecular formula is C14H21N3O2S. The predicted molar refractivity (Wildman–Crippen MR) is 79.7 cm³/mol. The van der Waals surface area contributed by atoms with Crippen LogP contribution < -0.4 is 10.6 Å². The van der Waals surface area contributed by atoms with Crippen molar-refractivity contribution in [2.45, 2.75) is 52.0 Å². The van der Waals surface area contributed by atoms with Crippen molar-refractivity contribution in [1.82, 2.24) is 10.3 Å². The van der Waals surface area contributed by atoms with E-state index in [0.29, 0.717) is 22.8 Å². The normalized spacial score (nSPS) is 22.3. The molecule has 2 unspecified atom stereocenters. The number of thiazole rings is 1. The lowest BCUT2D eigenvalue weighted by atomic mass is 9.86. The van der Waals surface area contributed by atoms with E-state index in [1.54, 1.807) is 0 Å². The molecule has 20 heavy (non-hydrogen) atoms. The maximum Gasteiger partial charge on any atom is 0.226 e. The number of rotatable bonds is 4. The van der Waals surface area contributed by atoms with Crippen LogP contribution >= 0.6 is 11.3 Å². The van der Waals surface area contributed by atoms with E-state index in [2.05, 4.69) is 22.5 Å². The Labute approximate surface area is 123 Å². The van der Waals surface area contributed by atoms with Gasteiger partial charge in [-0.2, -0.15) is 0 Å². The molecule has 5 nitrogen and oxygen atoms in total. The van der Waals surface area contributed by atoms with Gasteiger partial charge in [-0.1, -0.05) is 19.8 Å². The molecule has 1 saturated carbocycles. The summed E-state index contributed by atoms with van der Waals surface area (Å²) in [6.07, 6.45) is 4.99. The van der Waals surface area contributed by atoms with Gasteiger partial charge in [0.05, 0.1) is 12.1 Å². The maximum absolute atomic E-state index is 12.0. The summed E-state index contributed by atoms with van der Waals surface area (Å²) in [6.45, 7) is 3.64. The van der Waals surface area contributed by atoms with Crippen molar-refractivity contribution in [3.63, 3.8) is 0 Å². The lowest BCUT2D eigenvalue weighted by Crippen LogP contribution is -2.41. The van der Waals surface area contributed by atoms with Crippen molar-refractivity contribution in [2.24, 2.45) is 5.92 Å². The van der Waals surface area contributed by atoms with E-state index >= 15 is 0 Å². The highest BCUT2D eigenvalue weighted by atomic mass is 32.1. The van der Waals surface area contributed by atoms with E-state index in [9.17, 15) is 9.59 Å². The SMILES string of the molecule is CC(=O)Nc1nc(CC(=O)NC2CCCCC2C)cs1. The first kappa shape index (κ1) is 15.0. The highest BCUT2D eigenvalue weighted by molar-refractivity contribution is 7.13. The van der Waals surface area contributed by atoms with Gasteiger partial charge in [0.1, 0.15) is 0 Å². The van der Waals surface area contributed by atoms with Crippen LogP contribution in [0.3, 0.4) is 0 Å². The number of hydrogen-bond acceptors (Lipinski definition) is 4. The Bertz CT molecular complexity index is 487. The van der Waals surface area contributed by atoms with Gasteiger partial charge in [-0.15, -0.1) is 11.3 Å². The van der Waals surface area contributed by atoms with E-state index in [4.69, 9.17) is 0 Å². The number of amides is 2. The average Bonchev–Trinajstić information content (AvgIpc) is 2.78. The highest BCUT2D eigenvalue weighted by Gasteiger charge is 2.23. The van der Waals surface area contributed by atoms with Crippen molar-refractivity contribution < 1.29 is 9.59 Å². The molecule has 2 N–H and O–H groups in total.